The molecule has 8 rings (SSSR count). The van der Waals surface area contributed by atoms with Gasteiger partial charge in [0.2, 0.25) is 0 Å². The minimum Gasteiger partial charge on any atom is -0.490 e. The van der Waals surface area contributed by atoms with Crippen molar-refractivity contribution < 1.29 is 26.9 Å². The Kier molecular flexibility index (Phi) is 11.1. The fourth-order valence-corrected chi connectivity index (χ4v) is 13.9. The number of ether oxygens (including phenoxy) is 2. The van der Waals surface area contributed by atoms with Gasteiger partial charge in [-0.05, 0) is 117 Å². The van der Waals surface area contributed by atoms with Crippen molar-refractivity contribution in [2.75, 3.05) is 75.4 Å². The molecule has 4 heterocycles. The summed E-state index contributed by atoms with van der Waals surface area (Å²) in [6.45, 7) is 12.3. The second-order valence-electron chi connectivity index (χ2n) is 17.6. The monoisotopic (exact) mass is 826 g/mol. The normalized spacial score (nSPS) is 36.8. The van der Waals surface area contributed by atoms with Crippen LogP contribution in [0.3, 0.4) is 0 Å². The predicted molar refractivity (Wildman–Crippen MR) is 226 cm³/mol. The van der Waals surface area contributed by atoms with Gasteiger partial charge in [-0.25, -0.2) is 12.6 Å². The van der Waals surface area contributed by atoms with Crippen LogP contribution in [0.1, 0.15) is 74.4 Å². The molecule has 2 saturated heterocycles. The highest BCUT2D eigenvalue weighted by Crippen LogP contribution is 2.49. The van der Waals surface area contributed by atoms with Crippen LogP contribution in [0.25, 0.3) is 0 Å². The zero-order valence-electron chi connectivity index (χ0n) is 33.2. The van der Waals surface area contributed by atoms with Gasteiger partial charge in [0.1, 0.15) is 11.4 Å². The van der Waals surface area contributed by atoms with E-state index in [0.29, 0.717) is 50.8 Å². The first-order valence-corrected chi connectivity index (χ1v) is 24.7. The van der Waals surface area contributed by atoms with E-state index in [1.54, 1.807) is 6.07 Å². The summed E-state index contributed by atoms with van der Waals surface area (Å²) in [4.78, 5) is 21.1. The van der Waals surface area contributed by atoms with Gasteiger partial charge in [-0.3, -0.25) is 19.3 Å². The Hall–Kier alpha value is -2.61. The molecule has 0 radical (unpaired) electrons. The maximum Gasteiger partial charge on any atom is 0.262 e. The largest absolute Gasteiger partial charge is 0.490 e. The third-order valence-corrected chi connectivity index (χ3v) is 18.2. The molecule has 2 aromatic rings. The summed E-state index contributed by atoms with van der Waals surface area (Å²) >= 11 is 6.53. The average Bonchev–Trinajstić information content (AvgIpc) is 3.28. The second-order valence-corrected chi connectivity index (χ2v) is 22.7. The van der Waals surface area contributed by atoms with Gasteiger partial charge in [-0.1, -0.05) is 36.7 Å². The number of hydrogen-bond donors (Lipinski definition) is 1. The van der Waals surface area contributed by atoms with E-state index in [4.69, 9.17) is 21.1 Å². The number of hydrogen-bond acceptors (Lipinski definition) is 9. The van der Waals surface area contributed by atoms with Crippen LogP contribution in [-0.2, 0) is 36.1 Å². The highest BCUT2D eigenvalue weighted by atomic mass is 35.5. The predicted octanol–water partition coefficient (Wildman–Crippen LogP) is 5.37. The van der Waals surface area contributed by atoms with Gasteiger partial charge < -0.3 is 14.4 Å². The van der Waals surface area contributed by atoms with Crippen molar-refractivity contribution in [2.45, 2.75) is 81.6 Å². The Morgan fingerprint density at radius 3 is 2.70 bits per heavy atom. The summed E-state index contributed by atoms with van der Waals surface area (Å²) < 4.78 is 56.2. The molecule has 6 aliphatic rings. The highest BCUT2D eigenvalue weighted by molar-refractivity contribution is 7.99. The SMILES string of the molecule is C=S1(=O)NC(=O)c2ccc3c(c2)N(C[C@@H]2CC[C@H]2[C@](CN2CCN4CCS(=O)(=O)C[C@H]4C2)(OCC)/C=C/C[C@H](C)[C@H]1C)C[C@@]1(CCCc2cc(Cl)ccc21)CO3. The van der Waals surface area contributed by atoms with Crippen LogP contribution >= 0.6 is 11.6 Å². The standard InChI is InChI=1S/C43H59ClN4O6S2/c1-5-54-43(28-46-18-19-47-20-21-56(51,52)26-36(47)25-46)17-6-8-30(2)31(3)55(4,50)45-41(49)33-11-15-40-39(23-33)48(24-34-10-13-38(34)43)27-42(29-53-40)16-7-9-32-22-35(44)12-14-37(32)42/h6,11-12,14-15,17,22-23,30-31,34,36,38H,4-5,7-10,13,16,18-21,24-29H2,1-3H3,(H,45,49,50)/b17-6+/t30-,31+,34-,36+,38+,42-,43-,55?/m0/s1. The van der Waals surface area contributed by atoms with Gasteiger partial charge in [0, 0.05) is 79.7 Å². The molecule has 2 aromatic carbocycles. The number of halogens is 1. The molecule has 13 heteroatoms. The summed E-state index contributed by atoms with van der Waals surface area (Å²) in [6, 6.07) is 11.9. The van der Waals surface area contributed by atoms with E-state index in [-0.39, 0.29) is 40.0 Å². The highest BCUT2D eigenvalue weighted by Gasteiger charge is 2.51. The molecule has 1 unspecified atom stereocenters. The maximum absolute atomic E-state index is 14.1. The number of aryl methyl sites for hydroxylation is 1. The van der Waals surface area contributed by atoms with Crippen molar-refractivity contribution in [1.82, 2.24) is 14.5 Å². The number of benzene rings is 2. The third-order valence-electron chi connectivity index (χ3n) is 14.1. The molecule has 2 bridgehead atoms. The van der Waals surface area contributed by atoms with Crippen LogP contribution in [0, 0.1) is 17.8 Å². The first-order valence-electron chi connectivity index (χ1n) is 20.7. The number of sulfone groups is 1. The average molecular weight is 828 g/mol. The number of amides is 1. The molecule has 56 heavy (non-hydrogen) atoms. The van der Waals surface area contributed by atoms with E-state index in [0.717, 1.165) is 74.7 Å². The number of carbonyl (C=O) groups is 1. The molecule has 1 amide bonds. The first kappa shape index (κ1) is 40.2. The molecule has 8 atom stereocenters. The fraction of sp³-hybridized carbons (Fsp3) is 0.628. The minimum absolute atomic E-state index is 0.0120. The van der Waals surface area contributed by atoms with Gasteiger partial charge in [0.15, 0.2) is 9.84 Å². The lowest BCUT2D eigenvalue weighted by atomic mass is 9.63. The van der Waals surface area contributed by atoms with Crippen molar-refractivity contribution in [3.05, 3.63) is 70.3 Å². The maximum atomic E-state index is 14.1. The number of rotatable bonds is 4. The third kappa shape index (κ3) is 7.79. The molecule has 0 aromatic heterocycles. The molecule has 1 N–H and O–H groups in total. The van der Waals surface area contributed by atoms with Crippen molar-refractivity contribution in [2.24, 2.45) is 17.8 Å². The summed E-state index contributed by atoms with van der Waals surface area (Å²) in [6.07, 6.45) is 10.2. The van der Waals surface area contributed by atoms with Crippen LogP contribution in [0.15, 0.2) is 48.6 Å². The van der Waals surface area contributed by atoms with Crippen LogP contribution < -0.4 is 14.4 Å². The van der Waals surface area contributed by atoms with Gasteiger partial charge in [-0.15, -0.1) is 0 Å². The van der Waals surface area contributed by atoms with Crippen LogP contribution in [0.5, 0.6) is 5.75 Å². The molecule has 2 aliphatic carbocycles. The zero-order valence-corrected chi connectivity index (χ0v) is 35.6. The van der Waals surface area contributed by atoms with Gasteiger partial charge in [0.05, 0.1) is 33.5 Å². The number of nitrogens with one attached hydrogen (secondary N) is 1. The van der Waals surface area contributed by atoms with Gasteiger partial charge >= 0.3 is 0 Å². The van der Waals surface area contributed by atoms with Crippen molar-refractivity contribution >= 4 is 48.6 Å². The Balaban J connectivity index is 1.19. The molecule has 3 fully saturated rings. The van der Waals surface area contributed by atoms with Crippen molar-refractivity contribution in [3.63, 3.8) is 0 Å². The Morgan fingerprint density at radius 1 is 1.07 bits per heavy atom. The zero-order chi connectivity index (χ0) is 39.5. The molecular weight excluding hydrogens is 768 g/mol. The van der Waals surface area contributed by atoms with Gasteiger partial charge in [0.25, 0.3) is 5.91 Å². The molecule has 1 saturated carbocycles. The number of piperazine rings is 1. The topological polar surface area (TPSA) is 108 Å². The minimum atomic E-state index is -3.06. The molecular formula is C43H59ClN4O6S2. The molecule has 10 nitrogen and oxygen atoms in total. The Bertz CT molecular complexity index is 2080. The van der Waals surface area contributed by atoms with E-state index < -0.39 is 31.1 Å². The Labute approximate surface area is 339 Å². The summed E-state index contributed by atoms with van der Waals surface area (Å²) in [5.41, 5.74) is 2.99. The lowest BCUT2D eigenvalue weighted by Crippen LogP contribution is -2.63. The van der Waals surface area contributed by atoms with E-state index in [1.807, 2.05) is 25.1 Å². The number of allylic oxidation sites excluding steroid dienone is 1. The smallest absolute Gasteiger partial charge is 0.262 e. The number of nitrogens with zero attached hydrogens (tertiary/aromatic N) is 3. The van der Waals surface area contributed by atoms with Crippen LogP contribution in [0.2, 0.25) is 5.02 Å². The van der Waals surface area contributed by atoms with E-state index >= 15 is 0 Å². The van der Waals surface area contributed by atoms with E-state index in [1.165, 1.54) is 11.1 Å². The number of fused-ring (bicyclic) bond motifs is 5. The van der Waals surface area contributed by atoms with Crippen molar-refractivity contribution in [1.29, 1.82) is 0 Å². The van der Waals surface area contributed by atoms with E-state index in [2.05, 4.69) is 63.4 Å². The van der Waals surface area contributed by atoms with Crippen LogP contribution in [-0.4, -0.2) is 122 Å². The van der Waals surface area contributed by atoms with Crippen LogP contribution in [0.4, 0.5) is 5.69 Å². The quantitative estimate of drug-likeness (QED) is 0.322. The Morgan fingerprint density at radius 2 is 1.91 bits per heavy atom. The summed E-state index contributed by atoms with van der Waals surface area (Å²) in [7, 11) is -6.07. The van der Waals surface area contributed by atoms with E-state index in [9.17, 15) is 17.4 Å². The number of anilines is 1. The fourth-order valence-electron chi connectivity index (χ4n) is 10.6. The van der Waals surface area contributed by atoms with Crippen molar-refractivity contribution in [3.8, 4) is 5.75 Å². The molecule has 306 valence electrons. The second kappa shape index (κ2) is 15.5. The summed E-state index contributed by atoms with van der Waals surface area (Å²) in [5.74, 6) is 5.33. The lowest BCUT2D eigenvalue weighted by molar-refractivity contribution is -0.114. The summed E-state index contributed by atoms with van der Waals surface area (Å²) in [5, 5.41) is 0.359. The first-order chi connectivity index (χ1) is 26.7. The number of carbonyl (C=O) groups excluding carboxylic acids is 1. The molecule has 1 spiro atoms. The molecule has 4 aliphatic heterocycles. The van der Waals surface area contributed by atoms with Gasteiger partial charge in [-0.2, -0.15) is 0 Å². The lowest BCUT2D eigenvalue weighted by Gasteiger charge is -2.53.